The number of amides is 2. The van der Waals surface area contributed by atoms with Gasteiger partial charge in [0, 0.05) is 11.8 Å². The zero-order chi connectivity index (χ0) is 27.5. The molecule has 0 aliphatic carbocycles. The minimum absolute atomic E-state index is 0.0109. The van der Waals surface area contributed by atoms with Crippen molar-refractivity contribution in [3.05, 3.63) is 89.7 Å². The second-order valence-corrected chi connectivity index (χ2v) is 9.83. The average Bonchev–Trinajstić information content (AvgIpc) is 2.94. The van der Waals surface area contributed by atoms with Crippen molar-refractivity contribution < 1.29 is 32.3 Å². The lowest BCUT2D eigenvalue weighted by Gasteiger charge is -2.13. The van der Waals surface area contributed by atoms with Crippen LogP contribution in [0.5, 0.6) is 5.75 Å². The summed E-state index contributed by atoms with van der Waals surface area (Å²) in [7, 11) is -4.22. The van der Waals surface area contributed by atoms with E-state index in [1.807, 2.05) is 36.8 Å². The van der Waals surface area contributed by atoms with E-state index in [-0.39, 0.29) is 41.0 Å². The summed E-state index contributed by atoms with van der Waals surface area (Å²) in [6.45, 7) is 4.32. The van der Waals surface area contributed by atoms with Crippen LogP contribution in [0.2, 0.25) is 0 Å². The maximum absolute atomic E-state index is 12.7. The van der Waals surface area contributed by atoms with E-state index in [4.69, 9.17) is 9.47 Å². The molecule has 3 aromatic rings. The predicted molar refractivity (Wildman–Crippen MR) is 139 cm³/mol. The molecule has 2 N–H and O–H groups in total. The molecule has 0 saturated carbocycles. The van der Waals surface area contributed by atoms with Crippen molar-refractivity contribution in [2.45, 2.75) is 37.7 Å². The number of benzene rings is 2. The molecule has 0 unspecified atom stereocenters. The summed E-state index contributed by atoms with van der Waals surface area (Å²) in [6, 6.07) is 16.9. The van der Waals surface area contributed by atoms with E-state index in [9.17, 15) is 22.8 Å². The summed E-state index contributed by atoms with van der Waals surface area (Å²) in [5, 5.41) is 2.69. The number of ether oxygens (including phenoxy) is 2. The van der Waals surface area contributed by atoms with Crippen molar-refractivity contribution in [3.8, 4) is 5.75 Å². The lowest BCUT2D eigenvalue weighted by Crippen LogP contribution is -2.31. The van der Waals surface area contributed by atoms with Gasteiger partial charge >= 0.3 is 5.97 Å². The fourth-order valence-electron chi connectivity index (χ4n) is 3.29. The van der Waals surface area contributed by atoms with Gasteiger partial charge in [0.05, 0.1) is 17.0 Å². The Morgan fingerprint density at radius 1 is 0.868 bits per heavy atom. The van der Waals surface area contributed by atoms with Crippen LogP contribution in [0, 0.1) is 0 Å². The number of hydrogen-bond acceptors (Lipinski definition) is 8. The average molecular weight is 540 g/mol. The first-order valence-electron chi connectivity index (χ1n) is 12.0. The number of hydrogen-bond donors (Lipinski definition) is 2. The Labute approximate surface area is 221 Å². The van der Waals surface area contributed by atoms with E-state index in [0.29, 0.717) is 18.6 Å². The molecule has 200 valence electrons. The van der Waals surface area contributed by atoms with Crippen LogP contribution < -0.4 is 14.8 Å². The molecule has 0 radical (unpaired) electrons. The summed E-state index contributed by atoms with van der Waals surface area (Å²) in [4.78, 5) is 40.7. The maximum atomic E-state index is 12.7. The minimum atomic E-state index is -4.22. The zero-order valence-electron chi connectivity index (χ0n) is 21.0. The van der Waals surface area contributed by atoms with E-state index < -0.39 is 27.8 Å². The molecule has 3 rings (SSSR count). The van der Waals surface area contributed by atoms with Gasteiger partial charge in [0.15, 0.2) is 0 Å². The van der Waals surface area contributed by atoms with Gasteiger partial charge in [-0.2, -0.15) is 0 Å². The molecular weight excluding hydrogens is 510 g/mol. The zero-order valence-corrected chi connectivity index (χ0v) is 21.9. The number of rotatable bonds is 12. The van der Waals surface area contributed by atoms with Crippen LogP contribution in [0.25, 0.3) is 0 Å². The second kappa shape index (κ2) is 13.3. The molecule has 0 atom stereocenters. The highest BCUT2D eigenvalue weighted by atomic mass is 32.2. The Morgan fingerprint density at radius 2 is 1.53 bits per heavy atom. The summed E-state index contributed by atoms with van der Waals surface area (Å²) in [5.41, 5.74) is 0.202. The van der Waals surface area contributed by atoms with E-state index in [2.05, 4.69) is 10.3 Å². The van der Waals surface area contributed by atoms with Gasteiger partial charge in [-0.25, -0.2) is 22.9 Å². The largest absolute Gasteiger partial charge is 0.492 e. The number of nitrogens with zero attached hydrogens (tertiary/aromatic N) is 1. The molecule has 0 saturated heterocycles. The van der Waals surface area contributed by atoms with Gasteiger partial charge in [-0.1, -0.05) is 32.0 Å². The van der Waals surface area contributed by atoms with Gasteiger partial charge in [0.25, 0.3) is 21.8 Å². The highest BCUT2D eigenvalue weighted by Crippen LogP contribution is 2.13. The number of sulfonamides is 1. The van der Waals surface area contributed by atoms with Gasteiger partial charge in [-0.05, 0) is 61.4 Å². The number of pyridine rings is 1. The Kier molecular flexibility index (Phi) is 9.94. The third kappa shape index (κ3) is 7.87. The fourth-order valence-corrected chi connectivity index (χ4v) is 4.27. The molecule has 11 heteroatoms. The molecule has 1 heterocycles. The molecule has 0 fully saturated rings. The van der Waals surface area contributed by atoms with Crippen LogP contribution in [0.3, 0.4) is 0 Å². The summed E-state index contributed by atoms with van der Waals surface area (Å²) < 4.78 is 38.1. The van der Waals surface area contributed by atoms with Crippen molar-refractivity contribution >= 4 is 27.8 Å². The van der Waals surface area contributed by atoms with Crippen LogP contribution in [0.4, 0.5) is 0 Å². The molecule has 0 bridgehead atoms. The Bertz CT molecular complexity index is 1340. The highest BCUT2D eigenvalue weighted by molar-refractivity contribution is 7.90. The molecule has 0 aliphatic heterocycles. The van der Waals surface area contributed by atoms with Crippen molar-refractivity contribution in [1.82, 2.24) is 15.0 Å². The molecule has 2 aromatic carbocycles. The molecule has 1 aromatic heterocycles. The highest BCUT2D eigenvalue weighted by Gasteiger charge is 2.21. The van der Waals surface area contributed by atoms with Gasteiger partial charge in [-0.15, -0.1) is 0 Å². The second-order valence-electron chi connectivity index (χ2n) is 8.15. The third-order valence-corrected chi connectivity index (χ3v) is 6.82. The minimum Gasteiger partial charge on any atom is -0.492 e. The maximum Gasteiger partial charge on any atom is 0.357 e. The van der Waals surface area contributed by atoms with E-state index in [1.54, 1.807) is 12.1 Å². The molecule has 38 heavy (non-hydrogen) atoms. The van der Waals surface area contributed by atoms with Crippen LogP contribution in [0.1, 0.15) is 57.9 Å². The number of nitrogens with one attached hydrogen (secondary N) is 2. The van der Waals surface area contributed by atoms with Crippen molar-refractivity contribution in [2.24, 2.45) is 0 Å². The third-order valence-electron chi connectivity index (χ3n) is 5.47. The first kappa shape index (κ1) is 28.3. The molecular formula is C27H29N3O7S. The Balaban J connectivity index is 1.54. The fraction of sp³-hybridized carbons (Fsp3) is 0.259. The molecule has 10 nitrogen and oxygen atoms in total. The first-order valence-corrected chi connectivity index (χ1v) is 13.5. The lowest BCUT2D eigenvalue weighted by molar-refractivity contribution is 0.0277. The van der Waals surface area contributed by atoms with Crippen molar-refractivity contribution in [3.63, 3.8) is 0 Å². The van der Waals surface area contributed by atoms with Crippen molar-refractivity contribution in [1.29, 1.82) is 0 Å². The number of carbonyl (C=O) groups is 3. The molecule has 0 spiro atoms. The van der Waals surface area contributed by atoms with Crippen LogP contribution in [-0.4, -0.2) is 50.4 Å². The van der Waals surface area contributed by atoms with E-state index >= 15 is 0 Å². The van der Waals surface area contributed by atoms with Crippen LogP contribution >= 0.6 is 0 Å². The summed E-state index contributed by atoms with van der Waals surface area (Å²) >= 11 is 0. The quantitative estimate of drug-likeness (QED) is 0.264. The van der Waals surface area contributed by atoms with Gasteiger partial charge < -0.3 is 14.8 Å². The van der Waals surface area contributed by atoms with Gasteiger partial charge in [0.2, 0.25) is 0 Å². The first-order chi connectivity index (χ1) is 18.2. The lowest BCUT2D eigenvalue weighted by atomic mass is 10.2. The smallest absolute Gasteiger partial charge is 0.357 e. The topological polar surface area (TPSA) is 141 Å². The Hall–Kier alpha value is -4.25. The van der Waals surface area contributed by atoms with E-state index in [0.717, 1.165) is 6.20 Å². The van der Waals surface area contributed by atoms with Gasteiger partial charge in [0.1, 0.15) is 24.2 Å². The molecule has 2 amide bonds. The summed E-state index contributed by atoms with van der Waals surface area (Å²) in [6.07, 6.45) is 2.19. The monoisotopic (exact) mass is 539 g/mol. The SMILES string of the molecule is CCC(CC)OC(=O)c1ccc(C(=O)NS(=O)(=O)c2ccc(C(=O)NCCOc3ccccc3)cc2)cn1. The van der Waals surface area contributed by atoms with Gasteiger partial charge in [-0.3, -0.25) is 9.59 Å². The van der Waals surface area contributed by atoms with Crippen LogP contribution in [-0.2, 0) is 14.8 Å². The normalized spacial score (nSPS) is 11.0. The number of para-hydroxylation sites is 1. The van der Waals surface area contributed by atoms with E-state index in [1.165, 1.54) is 36.4 Å². The van der Waals surface area contributed by atoms with Crippen molar-refractivity contribution in [2.75, 3.05) is 13.2 Å². The summed E-state index contributed by atoms with van der Waals surface area (Å²) in [5.74, 6) is -1.25. The predicted octanol–water partition coefficient (Wildman–Crippen LogP) is 3.35. The number of esters is 1. The standard InChI is InChI=1S/C27H29N3O7S/c1-3-21(4-2)37-27(33)24-15-12-20(18-29-24)26(32)30-38(34,35)23-13-10-19(11-14-23)25(31)28-16-17-36-22-8-6-5-7-9-22/h5-15,18,21H,3-4,16-17H2,1-2H3,(H,28,31)(H,30,32). The molecule has 0 aliphatic rings. The number of aromatic nitrogens is 1. The Morgan fingerprint density at radius 3 is 2.13 bits per heavy atom. The van der Waals surface area contributed by atoms with Crippen LogP contribution in [0.15, 0.2) is 77.8 Å². The number of carbonyl (C=O) groups excluding carboxylic acids is 3.